The highest BCUT2D eigenvalue weighted by Crippen LogP contribution is 2.21. The minimum absolute atomic E-state index is 0.633. The number of aryl methyl sites for hydroxylation is 1. The number of hydrogen-bond acceptors (Lipinski definition) is 1. The fourth-order valence-corrected chi connectivity index (χ4v) is 1.97. The van der Waals surface area contributed by atoms with Crippen LogP contribution < -0.4 is 4.74 Å². The SMILES string of the molecule is CCCc1cccc(OC2=CCC(C)C=C2)c1. The van der Waals surface area contributed by atoms with Crippen molar-refractivity contribution in [2.45, 2.75) is 33.1 Å². The van der Waals surface area contributed by atoms with Gasteiger partial charge in [0, 0.05) is 0 Å². The number of hydrogen-bond donors (Lipinski definition) is 0. The van der Waals surface area contributed by atoms with Crippen molar-refractivity contribution in [3.05, 3.63) is 53.8 Å². The van der Waals surface area contributed by atoms with Gasteiger partial charge >= 0.3 is 0 Å². The van der Waals surface area contributed by atoms with E-state index in [4.69, 9.17) is 4.74 Å². The molecule has 0 N–H and O–H groups in total. The largest absolute Gasteiger partial charge is 0.458 e. The first-order chi connectivity index (χ1) is 8.28. The summed E-state index contributed by atoms with van der Waals surface area (Å²) in [5, 5.41) is 0. The summed E-state index contributed by atoms with van der Waals surface area (Å²) in [5.74, 6) is 2.55. The molecule has 1 aromatic carbocycles. The molecule has 0 amide bonds. The van der Waals surface area contributed by atoms with Crippen molar-refractivity contribution in [2.75, 3.05) is 0 Å². The van der Waals surface area contributed by atoms with Crippen LogP contribution in [0.2, 0.25) is 0 Å². The lowest BCUT2D eigenvalue weighted by Crippen LogP contribution is -2.00. The maximum absolute atomic E-state index is 5.86. The summed E-state index contributed by atoms with van der Waals surface area (Å²) in [7, 11) is 0. The fraction of sp³-hybridized carbons (Fsp3) is 0.375. The second-order valence-corrected chi connectivity index (χ2v) is 4.68. The molecule has 0 radical (unpaired) electrons. The molecule has 2 rings (SSSR count). The Morgan fingerprint density at radius 1 is 1.35 bits per heavy atom. The van der Waals surface area contributed by atoms with Crippen molar-refractivity contribution in [3.8, 4) is 5.75 Å². The third-order valence-electron chi connectivity index (χ3n) is 2.95. The molecule has 0 saturated heterocycles. The molecule has 90 valence electrons. The van der Waals surface area contributed by atoms with Gasteiger partial charge in [-0.15, -0.1) is 0 Å². The lowest BCUT2D eigenvalue weighted by molar-refractivity contribution is 0.434. The van der Waals surface area contributed by atoms with Crippen molar-refractivity contribution in [2.24, 2.45) is 5.92 Å². The van der Waals surface area contributed by atoms with E-state index in [1.807, 2.05) is 6.07 Å². The molecule has 1 aromatic rings. The van der Waals surface area contributed by atoms with Crippen LogP contribution in [0.4, 0.5) is 0 Å². The van der Waals surface area contributed by atoms with Crippen LogP contribution in [-0.2, 0) is 6.42 Å². The zero-order chi connectivity index (χ0) is 12.1. The van der Waals surface area contributed by atoms with Crippen molar-refractivity contribution in [3.63, 3.8) is 0 Å². The Balaban J connectivity index is 2.03. The molecule has 1 aliphatic carbocycles. The topological polar surface area (TPSA) is 9.23 Å². The Kier molecular flexibility index (Phi) is 4.03. The summed E-state index contributed by atoms with van der Waals surface area (Å²) < 4.78 is 5.86. The Labute approximate surface area is 104 Å². The molecule has 0 aromatic heterocycles. The molecule has 0 saturated carbocycles. The maximum atomic E-state index is 5.86. The van der Waals surface area contributed by atoms with Crippen LogP contribution in [0.1, 0.15) is 32.3 Å². The number of ether oxygens (including phenoxy) is 1. The van der Waals surface area contributed by atoms with Gasteiger partial charge in [-0.05, 0) is 48.6 Å². The number of benzene rings is 1. The van der Waals surface area contributed by atoms with Gasteiger partial charge in [-0.2, -0.15) is 0 Å². The highest BCUT2D eigenvalue weighted by atomic mass is 16.5. The van der Waals surface area contributed by atoms with E-state index in [0.717, 1.165) is 24.4 Å². The predicted octanol–water partition coefficient (Wildman–Crippen LogP) is 4.50. The van der Waals surface area contributed by atoms with Crippen molar-refractivity contribution < 1.29 is 4.74 Å². The first-order valence-electron chi connectivity index (χ1n) is 6.43. The highest BCUT2D eigenvalue weighted by Gasteiger charge is 2.05. The molecular formula is C16H20O. The first kappa shape index (κ1) is 12.0. The molecule has 1 nitrogen and oxygen atoms in total. The van der Waals surface area contributed by atoms with E-state index in [9.17, 15) is 0 Å². The van der Waals surface area contributed by atoms with Crippen LogP contribution in [0.25, 0.3) is 0 Å². The highest BCUT2D eigenvalue weighted by molar-refractivity contribution is 5.32. The van der Waals surface area contributed by atoms with E-state index in [1.165, 1.54) is 12.0 Å². The molecule has 1 heteroatoms. The van der Waals surface area contributed by atoms with Crippen LogP contribution in [0.5, 0.6) is 5.75 Å². The molecule has 1 unspecified atom stereocenters. The second kappa shape index (κ2) is 5.72. The van der Waals surface area contributed by atoms with Gasteiger partial charge in [0.15, 0.2) is 0 Å². The molecule has 1 aliphatic rings. The van der Waals surface area contributed by atoms with Gasteiger partial charge in [-0.25, -0.2) is 0 Å². The van der Waals surface area contributed by atoms with Gasteiger partial charge in [0.1, 0.15) is 11.5 Å². The van der Waals surface area contributed by atoms with Crippen molar-refractivity contribution in [1.29, 1.82) is 0 Å². The molecule has 1 atom stereocenters. The quantitative estimate of drug-likeness (QED) is 0.737. The van der Waals surface area contributed by atoms with Crippen LogP contribution in [-0.4, -0.2) is 0 Å². The molecule has 0 aliphatic heterocycles. The zero-order valence-corrected chi connectivity index (χ0v) is 10.6. The Morgan fingerprint density at radius 3 is 2.94 bits per heavy atom. The standard InChI is InChI=1S/C16H20O/c1-3-5-14-6-4-7-16(12-14)17-15-10-8-13(2)9-11-15/h4,6-8,10-13H,3,5,9H2,1-2H3. The third kappa shape index (κ3) is 3.48. The average molecular weight is 228 g/mol. The van der Waals surface area contributed by atoms with E-state index in [2.05, 4.69) is 50.3 Å². The average Bonchev–Trinajstić information content (AvgIpc) is 2.33. The minimum atomic E-state index is 0.633. The van der Waals surface area contributed by atoms with Gasteiger partial charge in [-0.1, -0.05) is 38.5 Å². The monoisotopic (exact) mass is 228 g/mol. The molecule has 0 heterocycles. The molecule has 0 bridgehead atoms. The van der Waals surface area contributed by atoms with Gasteiger partial charge in [-0.3, -0.25) is 0 Å². The van der Waals surface area contributed by atoms with Crippen LogP contribution in [0.15, 0.2) is 48.3 Å². The molecule has 0 fully saturated rings. The van der Waals surface area contributed by atoms with E-state index in [1.54, 1.807) is 0 Å². The summed E-state index contributed by atoms with van der Waals surface area (Å²) in [6, 6.07) is 8.38. The number of rotatable bonds is 4. The Morgan fingerprint density at radius 2 is 2.24 bits per heavy atom. The van der Waals surface area contributed by atoms with Crippen molar-refractivity contribution in [1.82, 2.24) is 0 Å². The second-order valence-electron chi connectivity index (χ2n) is 4.68. The summed E-state index contributed by atoms with van der Waals surface area (Å²) in [5.41, 5.74) is 1.35. The summed E-state index contributed by atoms with van der Waals surface area (Å²) >= 11 is 0. The molecule has 17 heavy (non-hydrogen) atoms. The fourth-order valence-electron chi connectivity index (χ4n) is 1.97. The van der Waals surface area contributed by atoms with Crippen LogP contribution in [0.3, 0.4) is 0 Å². The summed E-state index contributed by atoms with van der Waals surface area (Å²) in [6.45, 7) is 4.41. The van der Waals surface area contributed by atoms with Gasteiger partial charge in [0.05, 0.1) is 0 Å². The van der Waals surface area contributed by atoms with E-state index >= 15 is 0 Å². The summed E-state index contributed by atoms with van der Waals surface area (Å²) in [6.07, 6.45) is 9.79. The summed E-state index contributed by atoms with van der Waals surface area (Å²) in [4.78, 5) is 0. The van der Waals surface area contributed by atoms with E-state index < -0.39 is 0 Å². The van der Waals surface area contributed by atoms with E-state index in [-0.39, 0.29) is 0 Å². The lowest BCUT2D eigenvalue weighted by atomic mass is 10.0. The Hall–Kier alpha value is -1.50. The van der Waals surface area contributed by atoms with E-state index in [0.29, 0.717) is 5.92 Å². The molecule has 0 spiro atoms. The third-order valence-corrected chi connectivity index (χ3v) is 2.95. The zero-order valence-electron chi connectivity index (χ0n) is 10.6. The minimum Gasteiger partial charge on any atom is -0.458 e. The van der Waals surface area contributed by atoms with Crippen molar-refractivity contribution >= 4 is 0 Å². The number of allylic oxidation sites excluding steroid dienone is 3. The van der Waals surface area contributed by atoms with Gasteiger partial charge < -0.3 is 4.74 Å². The normalized spacial score (nSPS) is 18.9. The molecular weight excluding hydrogens is 208 g/mol. The van der Waals surface area contributed by atoms with Gasteiger partial charge in [0.2, 0.25) is 0 Å². The van der Waals surface area contributed by atoms with Gasteiger partial charge in [0.25, 0.3) is 0 Å². The van der Waals surface area contributed by atoms with Crippen LogP contribution >= 0.6 is 0 Å². The Bertz CT molecular complexity index is 429. The van der Waals surface area contributed by atoms with Crippen LogP contribution in [0, 0.1) is 5.92 Å². The maximum Gasteiger partial charge on any atom is 0.127 e. The lowest BCUT2D eigenvalue weighted by Gasteiger charge is -2.13. The predicted molar refractivity (Wildman–Crippen MR) is 72.1 cm³/mol. The smallest absolute Gasteiger partial charge is 0.127 e. The first-order valence-corrected chi connectivity index (χ1v) is 6.43.